The van der Waals surface area contributed by atoms with Crippen LogP contribution in [0.3, 0.4) is 0 Å². The van der Waals surface area contributed by atoms with Gasteiger partial charge in [0.05, 0.1) is 31.5 Å². The number of carbonyl (C=O) groups is 2. The third-order valence-electron chi connectivity index (χ3n) is 6.36. The van der Waals surface area contributed by atoms with E-state index in [2.05, 4.69) is 13.8 Å². The van der Waals surface area contributed by atoms with E-state index in [9.17, 15) is 14.7 Å². The molecule has 0 saturated heterocycles. The quantitative estimate of drug-likeness (QED) is 0.285. The van der Waals surface area contributed by atoms with Gasteiger partial charge in [-0.15, -0.1) is 0 Å². The van der Waals surface area contributed by atoms with Crippen molar-refractivity contribution in [2.45, 2.75) is 32.4 Å². The topological polar surface area (TPSA) is 93.1 Å². The number of nitrogens with zero attached hydrogens (tertiary/aromatic N) is 1. The van der Waals surface area contributed by atoms with Gasteiger partial charge in [-0.2, -0.15) is 0 Å². The van der Waals surface area contributed by atoms with E-state index in [0.717, 1.165) is 5.56 Å². The largest absolute Gasteiger partial charge is 0.503 e. The number of aliphatic hydroxyl groups is 1. The van der Waals surface area contributed by atoms with Crippen molar-refractivity contribution >= 4 is 34.3 Å². The highest BCUT2D eigenvalue weighted by Gasteiger charge is 2.45. The van der Waals surface area contributed by atoms with Crippen LogP contribution in [0.1, 0.15) is 53.2 Å². The van der Waals surface area contributed by atoms with Gasteiger partial charge in [0.25, 0.3) is 5.91 Å². The second-order valence-corrected chi connectivity index (χ2v) is 9.40. The second kappa shape index (κ2) is 9.24. The number of halogens is 1. The Bertz CT molecular complexity index is 1480. The molecular formula is C28H24ClNO6. The molecule has 0 radical (unpaired) electrons. The van der Waals surface area contributed by atoms with Gasteiger partial charge in [0.2, 0.25) is 5.78 Å². The molecule has 2 aromatic heterocycles. The van der Waals surface area contributed by atoms with Gasteiger partial charge in [0, 0.05) is 16.5 Å². The molecule has 1 N–H and O–H groups in total. The number of ether oxygens (including phenoxy) is 1. The van der Waals surface area contributed by atoms with Gasteiger partial charge in [0.15, 0.2) is 22.9 Å². The summed E-state index contributed by atoms with van der Waals surface area (Å²) < 4.78 is 16.6. The van der Waals surface area contributed by atoms with Gasteiger partial charge in [-0.3, -0.25) is 9.59 Å². The predicted molar refractivity (Wildman–Crippen MR) is 134 cm³/mol. The Morgan fingerprint density at radius 3 is 2.56 bits per heavy atom. The fourth-order valence-corrected chi connectivity index (χ4v) is 4.73. The summed E-state index contributed by atoms with van der Waals surface area (Å²) in [4.78, 5) is 28.4. The number of furan rings is 2. The Labute approximate surface area is 212 Å². The van der Waals surface area contributed by atoms with Gasteiger partial charge < -0.3 is 23.6 Å². The van der Waals surface area contributed by atoms with Crippen LogP contribution in [0.5, 0.6) is 5.75 Å². The molecule has 1 amide bonds. The van der Waals surface area contributed by atoms with Gasteiger partial charge in [-0.25, -0.2) is 0 Å². The molecule has 0 bridgehead atoms. The SMILES string of the molecule is COc1cc(Cl)cc2cc(C(=O)C3=C(O)C(=O)N(Cc4ccco4)C3c3ccc(C(C)C)cc3)oc12. The van der Waals surface area contributed by atoms with Crippen molar-refractivity contribution in [3.8, 4) is 5.75 Å². The number of benzene rings is 2. The molecule has 8 heteroatoms. The number of rotatable bonds is 7. The number of hydrogen-bond acceptors (Lipinski definition) is 6. The number of fused-ring (bicyclic) bond motifs is 1. The van der Waals surface area contributed by atoms with E-state index >= 15 is 0 Å². The molecule has 2 aromatic carbocycles. The fourth-order valence-electron chi connectivity index (χ4n) is 4.51. The van der Waals surface area contributed by atoms with Crippen LogP contribution >= 0.6 is 11.6 Å². The van der Waals surface area contributed by atoms with Crippen LogP contribution in [-0.2, 0) is 11.3 Å². The van der Waals surface area contributed by atoms with E-state index in [4.69, 9.17) is 25.2 Å². The lowest BCUT2D eigenvalue weighted by atomic mass is 9.93. The first-order valence-electron chi connectivity index (χ1n) is 11.5. The van der Waals surface area contributed by atoms with Crippen molar-refractivity contribution in [2.75, 3.05) is 7.11 Å². The minimum atomic E-state index is -0.838. The van der Waals surface area contributed by atoms with Gasteiger partial charge in [-0.05, 0) is 41.3 Å². The first kappa shape index (κ1) is 23.8. The number of methoxy groups -OCH3 is 1. The summed E-state index contributed by atoms with van der Waals surface area (Å²) in [7, 11) is 1.47. The lowest BCUT2D eigenvalue weighted by molar-refractivity contribution is -0.130. The molecule has 36 heavy (non-hydrogen) atoms. The van der Waals surface area contributed by atoms with Gasteiger partial charge in [-0.1, -0.05) is 49.7 Å². The maximum Gasteiger partial charge on any atom is 0.290 e. The highest BCUT2D eigenvalue weighted by molar-refractivity contribution is 6.31. The Morgan fingerprint density at radius 1 is 1.17 bits per heavy atom. The normalized spacial score (nSPS) is 16.0. The summed E-state index contributed by atoms with van der Waals surface area (Å²) in [5.74, 6) is -0.710. The molecule has 1 unspecified atom stereocenters. The highest BCUT2D eigenvalue weighted by atomic mass is 35.5. The van der Waals surface area contributed by atoms with Crippen molar-refractivity contribution in [2.24, 2.45) is 0 Å². The average Bonchev–Trinajstić information content (AvgIpc) is 3.59. The molecule has 7 nitrogen and oxygen atoms in total. The lowest BCUT2D eigenvalue weighted by Crippen LogP contribution is -2.30. The molecule has 4 aromatic rings. The van der Waals surface area contributed by atoms with Crippen LogP contribution < -0.4 is 4.74 Å². The van der Waals surface area contributed by atoms with Crippen LogP contribution in [0.15, 0.2) is 81.0 Å². The minimum absolute atomic E-state index is 0.0384. The monoisotopic (exact) mass is 505 g/mol. The average molecular weight is 506 g/mol. The number of ketones is 1. The third kappa shape index (κ3) is 4.05. The molecule has 3 heterocycles. The maximum absolute atomic E-state index is 13.8. The number of carbonyl (C=O) groups excluding carboxylic acids is 2. The van der Waals surface area contributed by atoms with E-state index in [1.807, 2.05) is 24.3 Å². The van der Waals surface area contributed by atoms with Crippen LogP contribution in [0.4, 0.5) is 0 Å². The molecule has 5 rings (SSSR count). The van der Waals surface area contributed by atoms with Crippen LogP contribution in [0.25, 0.3) is 11.0 Å². The maximum atomic E-state index is 13.8. The summed E-state index contributed by atoms with van der Waals surface area (Å²) in [5, 5.41) is 11.9. The summed E-state index contributed by atoms with van der Waals surface area (Å²) in [6, 6.07) is 15.0. The number of aliphatic hydroxyl groups excluding tert-OH is 1. The van der Waals surface area contributed by atoms with E-state index < -0.39 is 23.5 Å². The van der Waals surface area contributed by atoms with Gasteiger partial charge >= 0.3 is 0 Å². The Balaban J connectivity index is 1.61. The smallest absolute Gasteiger partial charge is 0.290 e. The second-order valence-electron chi connectivity index (χ2n) is 8.96. The predicted octanol–water partition coefficient (Wildman–Crippen LogP) is 6.59. The lowest BCUT2D eigenvalue weighted by Gasteiger charge is -2.26. The third-order valence-corrected chi connectivity index (χ3v) is 6.58. The van der Waals surface area contributed by atoms with E-state index in [-0.39, 0.29) is 17.9 Å². The van der Waals surface area contributed by atoms with Crippen molar-refractivity contribution in [3.63, 3.8) is 0 Å². The van der Waals surface area contributed by atoms with Crippen LogP contribution in [0.2, 0.25) is 5.02 Å². The fraction of sp³-hybridized carbons (Fsp3) is 0.214. The van der Waals surface area contributed by atoms with Crippen molar-refractivity contribution in [3.05, 3.63) is 99.9 Å². The molecule has 0 saturated carbocycles. The first-order chi connectivity index (χ1) is 17.3. The Kier molecular flexibility index (Phi) is 6.10. The summed E-state index contributed by atoms with van der Waals surface area (Å²) in [6.45, 7) is 4.24. The summed E-state index contributed by atoms with van der Waals surface area (Å²) in [5.41, 5.74) is 2.08. The zero-order chi connectivity index (χ0) is 25.6. The molecular weight excluding hydrogens is 482 g/mol. The number of Topliss-reactive ketones (excluding diaryl/α,β-unsaturated/α-hetero) is 1. The standard InChI is InChI=1S/C28H24ClNO6/c1-15(2)16-6-8-17(9-7-16)24-23(26(32)28(33)30(24)14-20-5-4-10-35-20)25(31)21-12-18-11-19(29)13-22(34-3)27(18)36-21/h4-13,15,24,32H,14H2,1-3H3. The molecule has 0 spiro atoms. The van der Waals surface area contributed by atoms with Crippen LogP contribution in [-0.4, -0.2) is 28.8 Å². The van der Waals surface area contributed by atoms with E-state index in [1.54, 1.807) is 24.3 Å². The molecule has 184 valence electrons. The Hall–Kier alpha value is -3.97. The number of amides is 1. The van der Waals surface area contributed by atoms with Crippen molar-refractivity contribution in [1.82, 2.24) is 4.90 Å². The molecule has 0 fully saturated rings. The van der Waals surface area contributed by atoms with Crippen molar-refractivity contribution in [1.29, 1.82) is 0 Å². The Morgan fingerprint density at radius 2 is 1.92 bits per heavy atom. The molecule has 1 aliphatic heterocycles. The van der Waals surface area contributed by atoms with Gasteiger partial charge in [0.1, 0.15) is 5.76 Å². The molecule has 0 aliphatic carbocycles. The zero-order valence-corrected chi connectivity index (χ0v) is 20.7. The summed E-state index contributed by atoms with van der Waals surface area (Å²) >= 11 is 6.17. The van der Waals surface area contributed by atoms with E-state index in [0.29, 0.717) is 39.0 Å². The first-order valence-corrected chi connectivity index (χ1v) is 11.8. The zero-order valence-electron chi connectivity index (χ0n) is 19.9. The highest BCUT2D eigenvalue weighted by Crippen LogP contribution is 2.41. The van der Waals surface area contributed by atoms with Crippen molar-refractivity contribution < 1.29 is 28.3 Å². The van der Waals surface area contributed by atoms with Crippen LogP contribution in [0, 0.1) is 0 Å². The summed E-state index contributed by atoms with van der Waals surface area (Å²) in [6.07, 6.45) is 1.51. The van der Waals surface area contributed by atoms with E-state index in [1.165, 1.54) is 24.3 Å². The number of hydrogen-bond donors (Lipinski definition) is 1. The molecule has 1 aliphatic rings. The molecule has 1 atom stereocenters. The minimum Gasteiger partial charge on any atom is -0.503 e.